The fourth-order valence-corrected chi connectivity index (χ4v) is 4.06. The van der Waals surface area contributed by atoms with Gasteiger partial charge < -0.3 is 4.74 Å². The predicted octanol–water partition coefficient (Wildman–Crippen LogP) is 2.85. The van der Waals surface area contributed by atoms with Crippen molar-refractivity contribution in [2.45, 2.75) is 32.2 Å². The maximum absolute atomic E-state index is 12.3. The van der Waals surface area contributed by atoms with E-state index in [4.69, 9.17) is 4.74 Å². The molecular formula is C17H23NO2. The summed E-state index contributed by atoms with van der Waals surface area (Å²) in [6, 6.07) is 10.5. The van der Waals surface area contributed by atoms with Gasteiger partial charge in [-0.15, -0.1) is 0 Å². The Kier molecular flexibility index (Phi) is 3.79. The summed E-state index contributed by atoms with van der Waals surface area (Å²) >= 11 is 0. The molecule has 1 saturated carbocycles. The molecule has 0 aromatic heterocycles. The summed E-state index contributed by atoms with van der Waals surface area (Å²) in [5.74, 6) is 0.491. The van der Waals surface area contributed by atoms with Crippen LogP contribution in [-0.2, 0) is 16.1 Å². The highest BCUT2D eigenvalue weighted by atomic mass is 16.5. The number of hydrogen-bond donors (Lipinski definition) is 0. The number of methoxy groups -OCH3 is 1. The van der Waals surface area contributed by atoms with Crippen molar-refractivity contribution in [2.24, 2.45) is 11.3 Å². The number of esters is 1. The van der Waals surface area contributed by atoms with Gasteiger partial charge in [-0.3, -0.25) is 9.69 Å². The van der Waals surface area contributed by atoms with Gasteiger partial charge in [-0.1, -0.05) is 43.2 Å². The van der Waals surface area contributed by atoms with Crippen LogP contribution in [0.2, 0.25) is 0 Å². The van der Waals surface area contributed by atoms with Crippen LogP contribution in [0.25, 0.3) is 0 Å². The molecule has 2 aliphatic rings. The summed E-state index contributed by atoms with van der Waals surface area (Å²) in [6.07, 6.45) is 4.57. The highest BCUT2D eigenvalue weighted by Crippen LogP contribution is 2.47. The SMILES string of the molecule is COC(=O)[C@@]12CCCC[C@@H]1CN(Cc1ccccc1)C2. The second-order valence-electron chi connectivity index (χ2n) is 6.25. The average molecular weight is 273 g/mol. The zero-order valence-corrected chi connectivity index (χ0v) is 12.2. The van der Waals surface area contributed by atoms with Crippen molar-refractivity contribution in [1.82, 2.24) is 4.90 Å². The van der Waals surface area contributed by atoms with E-state index in [0.29, 0.717) is 5.92 Å². The van der Waals surface area contributed by atoms with Gasteiger partial charge in [-0.05, 0) is 24.3 Å². The van der Waals surface area contributed by atoms with Crippen LogP contribution >= 0.6 is 0 Å². The van der Waals surface area contributed by atoms with Crippen LogP contribution in [0, 0.1) is 11.3 Å². The van der Waals surface area contributed by atoms with Crippen molar-refractivity contribution in [3.05, 3.63) is 35.9 Å². The molecule has 0 bridgehead atoms. The number of benzene rings is 1. The molecular weight excluding hydrogens is 250 g/mol. The number of hydrogen-bond acceptors (Lipinski definition) is 3. The lowest BCUT2D eigenvalue weighted by Crippen LogP contribution is -2.42. The number of rotatable bonds is 3. The molecule has 3 rings (SSSR count). The fourth-order valence-electron chi connectivity index (χ4n) is 4.06. The Morgan fingerprint density at radius 1 is 1.35 bits per heavy atom. The zero-order valence-electron chi connectivity index (χ0n) is 12.2. The van der Waals surface area contributed by atoms with Gasteiger partial charge in [0.15, 0.2) is 0 Å². The molecule has 0 radical (unpaired) electrons. The summed E-state index contributed by atoms with van der Waals surface area (Å²) in [5.41, 5.74) is 1.09. The first-order chi connectivity index (χ1) is 9.74. The molecule has 1 heterocycles. The molecule has 0 N–H and O–H groups in total. The minimum Gasteiger partial charge on any atom is -0.469 e. The number of carbonyl (C=O) groups excluding carboxylic acids is 1. The molecule has 0 unspecified atom stereocenters. The first-order valence-electron chi connectivity index (χ1n) is 7.59. The Balaban J connectivity index is 1.76. The number of ether oxygens (including phenoxy) is 1. The molecule has 1 saturated heterocycles. The van der Waals surface area contributed by atoms with Crippen LogP contribution in [0.1, 0.15) is 31.2 Å². The van der Waals surface area contributed by atoms with E-state index in [1.54, 1.807) is 0 Å². The number of nitrogens with zero attached hydrogens (tertiary/aromatic N) is 1. The van der Waals surface area contributed by atoms with Crippen LogP contribution in [-0.4, -0.2) is 31.1 Å². The fraction of sp³-hybridized carbons (Fsp3) is 0.588. The summed E-state index contributed by atoms with van der Waals surface area (Å²) in [4.78, 5) is 14.8. The Morgan fingerprint density at radius 3 is 2.90 bits per heavy atom. The van der Waals surface area contributed by atoms with Gasteiger partial charge in [0.1, 0.15) is 0 Å². The molecule has 1 aromatic carbocycles. The van der Waals surface area contributed by atoms with Crippen molar-refractivity contribution in [3.8, 4) is 0 Å². The predicted molar refractivity (Wildman–Crippen MR) is 78.1 cm³/mol. The highest BCUT2D eigenvalue weighted by molar-refractivity contribution is 5.78. The summed E-state index contributed by atoms with van der Waals surface area (Å²) in [6.45, 7) is 2.83. The smallest absolute Gasteiger partial charge is 0.313 e. The summed E-state index contributed by atoms with van der Waals surface area (Å²) in [7, 11) is 1.53. The lowest BCUT2D eigenvalue weighted by Gasteiger charge is -2.35. The minimum atomic E-state index is -0.234. The third-order valence-corrected chi connectivity index (χ3v) is 5.03. The second-order valence-corrected chi connectivity index (χ2v) is 6.25. The van der Waals surface area contributed by atoms with Gasteiger partial charge in [0.2, 0.25) is 0 Å². The van der Waals surface area contributed by atoms with E-state index in [0.717, 1.165) is 32.5 Å². The third-order valence-electron chi connectivity index (χ3n) is 5.03. The maximum atomic E-state index is 12.3. The molecule has 3 heteroatoms. The zero-order chi connectivity index (χ0) is 14.0. The minimum absolute atomic E-state index is 0.0118. The molecule has 1 aliphatic heterocycles. The topological polar surface area (TPSA) is 29.5 Å². The largest absolute Gasteiger partial charge is 0.469 e. The Morgan fingerprint density at radius 2 is 2.15 bits per heavy atom. The number of fused-ring (bicyclic) bond motifs is 1. The Hall–Kier alpha value is -1.35. The Labute approximate surface area is 120 Å². The normalized spacial score (nSPS) is 29.9. The molecule has 0 spiro atoms. The summed E-state index contributed by atoms with van der Waals surface area (Å²) in [5, 5.41) is 0. The molecule has 3 nitrogen and oxygen atoms in total. The van der Waals surface area contributed by atoms with Crippen LogP contribution in [0.3, 0.4) is 0 Å². The first kappa shape index (κ1) is 13.6. The van der Waals surface area contributed by atoms with Crippen LogP contribution in [0.15, 0.2) is 30.3 Å². The van der Waals surface area contributed by atoms with E-state index in [1.165, 1.54) is 25.5 Å². The van der Waals surface area contributed by atoms with Crippen molar-refractivity contribution < 1.29 is 9.53 Å². The van der Waals surface area contributed by atoms with Gasteiger partial charge in [0.25, 0.3) is 0 Å². The average Bonchev–Trinajstić information content (AvgIpc) is 2.86. The van der Waals surface area contributed by atoms with Gasteiger partial charge in [0, 0.05) is 19.6 Å². The van der Waals surface area contributed by atoms with Crippen molar-refractivity contribution in [2.75, 3.05) is 20.2 Å². The lowest BCUT2D eigenvalue weighted by molar-refractivity contribution is -0.156. The van der Waals surface area contributed by atoms with Crippen LogP contribution < -0.4 is 0 Å². The maximum Gasteiger partial charge on any atom is 0.313 e. The van der Waals surface area contributed by atoms with Crippen molar-refractivity contribution in [3.63, 3.8) is 0 Å². The second kappa shape index (κ2) is 5.57. The first-order valence-corrected chi connectivity index (χ1v) is 7.59. The van der Waals surface area contributed by atoms with Crippen molar-refractivity contribution >= 4 is 5.97 Å². The summed E-state index contributed by atoms with van der Waals surface area (Å²) < 4.78 is 5.13. The number of likely N-dealkylation sites (tertiary alicyclic amines) is 1. The van der Waals surface area contributed by atoms with E-state index in [2.05, 4.69) is 29.2 Å². The molecule has 2 fully saturated rings. The Bertz CT molecular complexity index is 473. The molecule has 1 aromatic rings. The van der Waals surface area contributed by atoms with E-state index in [9.17, 15) is 4.79 Å². The molecule has 0 amide bonds. The van der Waals surface area contributed by atoms with Crippen LogP contribution in [0.5, 0.6) is 0 Å². The van der Waals surface area contributed by atoms with E-state index < -0.39 is 0 Å². The van der Waals surface area contributed by atoms with Crippen molar-refractivity contribution in [1.29, 1.82) is 0 Å². The van der Waals surface area contributed by atoms with E-state index in [1.807, 2.05) is 6.07 Å². The standard InChI is InChI=1S/C17H23NO2/c1-20-16(19)17-10-6-5-9-15(17)12-18(13-17)11-14-7-3-2-4-8-14/h2-4,7-8,15H,5-6,9-13H2,1H3/t15-,17-/m1/s1. The van der Waals surface area contributed by atoms with Gasteiger partial charge in [0.05, 0.1) is 12.5 Å². The highest BCUT2D eigenvalue weighted by Gasteiger charge is 2.53. The van der Waals surface area contributed by atoms with E-state index >= 15 is 0 Å². The molecule has 20 heavy (non-hydrogen) atoms. The lowest BCUT2D eigenvalue weighted by atomic mass is 9.68. The van der Waals surface area contributed by atoms with Gasteiger partial charge in [-0.2, -0.15) is 0 Å². The molecule has 2 atom stereocenters. The third kappa shape index (κ3) is 2.35. The van der Waals surface area contributed by atoms with Crippen LogP contribution in [0.4, 0.5) is 0 Å². The monoisotopic (exact) mass is 273 g/mol. The van der Waals surface area contributed by atoms with Gasteiger partial charge in [-0.25, -0.2) is 0 Å². The quantitative estimate of drug-likeness (QED) is 0.793. The molecule has 1 aliphatic carbocycles. The molecule has 108 valence electrons. The number of carbonyl (C=O) groups is 1. The van der Waals surface area contributed by atoms with E-state index in [-0.39, 0.29) is 11.4 Å². The van der Waals surface area contributed by atoms with Gasteiger partial charge >= 0.3 is 5.97 Å².